The van der Waals surface area contributed by atoms with Gasteiger partial charge in [0.2, 0.25) is 0 Å². The van der Waals surface area contributed by atoms with Crippen molar-refractivity contribution in [2.24, 2.45) is 0 Å². The molecular formula is C10H11NO2. The van der Waals surface area contributed by atoms with Gasteiger partial charge in [0.25, 0.3) is 0 Å². The fourth-order valence-corrected chi connectivity index (χ4v) is 0.682. The zero-order valence-electron chi connectivity index (χ0n) is 7.65. The summed E-state index contributed by atoms with van der Waals surface area (Å²) in [4.78, 5) is 10.2. The molecule has 0 aliphatic heterocycles. The predicted molar refractivity (Wildman–Crippen MR) is 49.7 cm³/mol. The van der Waals surface area contributed by atoms with Crippen LogP contribution in [0.3, 0.4) is 0 Å². The molecular weight excluding hydrogens is 166 g/mol. The highest BCUT2D eigenvalue weighted by atomic mass is 16.5. The van der Waals surface area contributed by atoms with Gasteiger partial charge in [0, 0.05) is 12.5 Å². The Hall–Kier alpha value is -1.82. The quantitative estimate of drug-likeness (QED) is 0.649. The first-order valence-corrected chi connectivity index (χ1v) is 3.68. The Morgan fingerprint density at radius 2 is 1.85 bits per heavy atom. The molecule has 0 N–H and O–H groups in total. The fraction of sp³-hybridized carbons (Fsp3) is 0.200. The third-order valence-corrected chi connectivity index (χ3v) is 1.25. The standard InChI is InChI=1S/C8H8O2.C2H3N/c1-10-8-4-2-7(6-9)3-5-8;1-2-3/h2-6H,1H3;1H3. The lowest BCUT2D eigenvalue weighted by molar-refractivity contribution is 0.112. The minimum absolute atomic E-state index is 0.667. The Morgan fingerprint density at radius 3 is 2.15 bits per heavy atom. The largest absolute Gasteiger partial charge is 0.497 e. The molecule has 0 atom stereocenters. The second-order valence-electron chi connectivity index (χ2n) is 2.11. The molecule has 3 heteroatoms. The van der Waals surface area contributed by atoms with Crippen molar-refractivity contribution in [1.29, 1.82) is 5.26 Å². The first-order chi connectivity index (χ1) is 6.28. The summed E-state index contributed by atoms with van der Waals surface area (Å²) >= 11 is 0. The van der Waals surface area contributed by atoms with Gasteiger partial charge in [0.1, 0.15) is 12.0 Å². The molecule has 13 heavy (non-hydrogen) atoms. The van der Waals surface area contributed by atoms with Crippen LogP contribution in [0.5, 0.6) is 5.75 Å². The summed E-state index contributed by atoms with van der Waals surface area (Å²) in [6.07, 6.45) is 0.805. The van der Waals surface area contributed by atoms with Crippen LogP contribution in [-0.4, -0.2) is 13.4 Å². The van der Waals surface area contributed by atoms with Gasteiger partial charge in [-0.05, 0) is 24.3 Å². The van der Waals surface area contributed by atoms with Crippen molar-refractivity contribution >= 4 is 6.29 Å². The van der Waals surface area contributed by atoms with Crippen molar-refractivity contribution < 1.29 is 9.53 Å². The predicted octanol–water partition coefficient (Wildman–Crippen LogP) is 2.04. The maximum atomic E-state index is 10.2. The number of nitriles is 1. The van der Waals surface area contributed by atoms with Gasteiger partial charge in [-0.1, -0.05) is 0 Å². The molecule has 1 rings (SSSR count). The Balaban J connectivity index is 0.000000424. The second kappa shape index (κ2) is 6.86. The van der Waals surface area contributed by atoms with Crippen molar-refractivity contribution in [3.63, 3.8) is 0 Å². The lowest BCUT2D eigenvalue weighted by atomic mass is 10.2. The van der Waals surface area contributed by atoms with Crippen LogP contribution in [0, 0.1) is 11.3 Å². The van der Waals surface area contributed by atoms with Crippen molar-refractivity contribution in [2.75, 3.05) is 7.11 Å². The van der Waals surface area contributed by atoms with Gasteiger partial charge in [-0.25, -0.2) is 0 Å². The number of methoxy groups -OCH3 is 1. The number of ether oxygens (including phenoxy) is 1. The molecule has 0 bridgehead atoms. The molecule has 0 aliphatic rings. The van der Waals surface area contributed by atoms with Crippen molar-refractivity contribution in [3.05, 3.63) is 29.8 Å². The summed E-state index contributed by atoms with van der Waals surface area (Å²) in [5.74, 6) is 0.769. The topological polar surface area (TPSA) is 50.1 Å². The van der Waals surface area contributed by atoms with Gasteiger partial charge in [-0.15, -0.1) is 0 Å². The van der Waals surface area contributed by atoms with Crippen LogP contribution in [0.2, 0.25) is 0 Å². The van der Waals surface area contributed by atoms with E-state index < -0.39 is 0 Å². The Bertz CT molecular complexity index is 285. The van der Waals surface area contributed by atoms with E-state index in [0.717, 1.165) is 12.0 Å². The molecule has 0 saturated heterocycles. The molecule has 0 aliphatic carbocycles. The molecule has 0 radical (unpaired) electrons. The number of nitrogens with zero attached hydrogens (tertiary/aromatic N) is 1. The summed E-state index contributed by atoms with van der Waals surface area (Å²) in [6, 6.07) is 8.69. The van der Waals surface area contributed by atoms with E-state index in [4.69, 9.17) is 10.00 Å². The third kappa shape index (κ3) is 4.59. The molecule has 0 saturated carbocycles. The molecule has 68 valence electrons. The average molecular weight is 177 g/mol. The third-order valence-electron chi connectivity index (χ3n) is 1.25. The highest BCUT2D eigenvalue weighted by molar-refractivity contribution is 5.74. The molecule has 0 fully saturated rings. The lowest BCUT2D eigenvalue weighted by Gasteiger charge is -1.96. The summed E-state index contributed by atoms with van der Waals surface area (Å²) in [5.41, 5.74) is 0.667. The van der Waals surface area contributed by atoms with Crippen molar-refractivity contribution in [2.45, 2.75) is 6.92 Å². The van der Waals surface area contributed by atoms with E-state index in [9.17, 15) is 4.79 Å². The Morgan fingerprint density at radius 1 is 1.38 bits per heavy atom. The molecule has 0 spiro atoms. The molecule has 1 aromatic carbocycles. The van der Waals surface area contributed by atoms with Crippen molar-refractivity contribution in [3.8, 4) is 11.8 Å². The van der Waals surface area contributed by atoms with Crippen LogP contribution in [-0.2, 0) is 0 Å². The average Bonchev–Trinajstić information content (AvgIpc) is 2.19. The molecule has 0 aromatic heterocycles. The maximum absolute atomic E-state index is 10.2. The maximum Gasteiger partial charge on any atom is 0.150 e. The van der Waals surface area contributed by atoms with Gasteiger partial charge in [0.15, 0.2) is 0 Å². The van der Waals surface area contributed by atoms with E-state index in [2.05, 4.69) is 0 Å². The fourth-order valence-electron chi connectivity index (χ4n) is 0.682. The van der Waals surface area contributed by atoms with Gasteiger partial charge in [-0.3, -0.25) is 4.79 Å². The smallest absolute Gasteiger partial charge is 0.150 e. The van der Waals surface area contributed by atoms with Gasteiger partial charge in [0.05, 0.1) is 13.2 Å². The highest BCUT2D eigenvalue weighted by Crippen LogP contribution is 2.09. The summed E-state index contributed by atoms with van der Waals surface area (Å²) in [6.45, 7) is 1.43. The molecule has 0 heterocycles. The number of aldehydes is 1. The highest BCUT2D eigenvalue weighted by Gasteiger charge is 1.89. The monoisotopic (exact) mass is 177 g/mol. The van der Waals surface area contributed by atoms with E-state index in [0.29, 0.717) is 5.56 Å². The van der Waals surface area contributed by atoms with E-state index in [-0.39, 0.29) is 0 Å². The molecule has 0 unspecified atom stereocenters. The first kappa shape index (κ1) is 11.2. The van der Waals surface area contributed by atoms with Crippen LogP contribution in [0.15, 0.2) is 24.3 Å². The van der Waals surface area contributed by atoms with Crippen LogP contribution >= 0.6 is 0 Å². The minimum atomic E-state index is 0.667. The Labute approximate surface area is 77.6 Å². The van der Waals surface area contributed by atoms with Crippen LogP contribution in [0.25, 0.3) is 0 Å². The number of carbonyl (C=O) groups excluding carboxylic acids is 1. The zero-order valence-corrected chi connectivity index (χ0v) is 7.65. The second-order valence-corrected chi connectivity index (χ2v) is 2.11. The number of rotatable bonds is 2. The number of carbonyl (C=O) groups is 1. The molecule has 1 aromatic rings. The van der Waals surface area contributed by atoms with Crippen LogP contribution in [0.4, 0.5) is 0 Å². The van der Waals surface area contributed by atoms with Gasteiger partial charge in [-0.2, -0.15) is 5.26 Å². The van der Waals surface area contributed by atoms with E-state index >= 15 is 0 Å². The number of hydrogen-bond acceptors (Lipinski definition) is 3. The SMILES string of the molecule is CC#N.COc1ccc(C=O)cc1. The number of hydrogen-bond donors (Lipinski definition) is 0. The summed E-state index contributed by atoms with van der Waals surface area (Å²) in [5, 5.41) is 7.32. The summed E-state index contributed by atoms with van der Waals surface area (Å²) < 4.78 is 4.90. The van der Waals surface area contributed by atoms with E-state index in [1.165, 1.54) is 6.92 Å². The van der Waals surface area contributed by atoms with E-state index in [1.807, 2.05) is 0 Å². The van der Waals surface area contributed by atoms with Crippen molar-refractivity contribution in [1.82, 2.24) is 0 Å². The Kier molecular flexibility index (Phi) is 5.90. The van der Waals surface area contributed by atoms with Gasteiger partial charge < -0.3 is 4.74 Å². The van der Waals surface area contributed by atoms with E-state index in [1.54, 1.807) is 37.4 Å². The molecule has 3 nitrogen and oxygen atoms in total. The molecule has 0 amide bonds. The van der Waals surface area contributed by atoms with Crippen LogP contribution in [0.1, 0.15) is 17.3 Å². The van der Waals surface area contributed by atoms with Crippen LogP contribution < -0.4 is 4.74 Å². The number of benzene rings is 1. The normalized spacial score (nSPS) is 7.46. The van der Waals surface area contributed by atoms with Gasteiger partial charge >= 0.3 is 0 Å². The first-order valence-electron chi connectivity index (χ1n) is 3.68. The zero-order chi connectivity index (χ0) is 10.1. The summed E-state index contributed by atoms with van der Waals surface area (Å²) in [7, 11) is 1.59. The lowest BCUT2D eigenvalue weighted by Crippen LogP contribution is -1.82. The minimum Gasteiger partial charge on any atom is -0.497 e.